The molecular formula is C16H16N8. The van der Waals surface area contributed by atoms with Gasteiger partial charge in [-0.05, 0) is 12.1 Å². The van der Waals surface area contributed by atoms with E-state index in [1.807, 2.05) is 42.6 Å². The average molecular weight is 320 g/mol. The molecule has 0 aliphatic rings. The van der Waals surface area contributed by atoms with Crippen LogP contribution < -0.4 is 10.6 Å². The summed E-state index contributed by atoms with van der Waals surface area (Å²) in [5, 5.41) is 10.8. The minimum Gasteiger partial charge on any atom is -0.354 e. The van der Waals surface area contributed by atoms with E-state index in [0.717, 1.165) is 23.4 Å². The van der Waals surface area contributed by atoms with Gasteiger partial charge in [0.15, 0.2) is 5.65 Å². The van der Waals surface area contributed by atoms with Crippen LogP contribution in [-0.2, 0) is 6.42 Å². The van der Waals surface area contributed by atoms with Crippen LogP contribution in [0.1, 0.15) is 5.69 Å². The standard InChI is InChI=1S/C16H16N8/c1-2-4-12(5-3-1)21-15-22-14-7-9-20-24(14)16(23-15)18-8-6-13-10-17-11-19-13/h1-5,7,9-11H,6,8H2,(H,17,19)(H2,18,21,22,23). The van der Waals surface area contributed by atoms with Crippen LogP contribution in [0.5, 0.6) is 0 Å². The van der Waals surface area contributed by atoms with Crippen LogP contribution in [0, 0.1) is 0 Å². The Morgan fingerprint density at radius 2 is 2.00 bits per heavy atom. The number of H-pyrrole nitrogens is 1. The van der Waals surface area contributed by atoms with Gasteiger partial charge in [-0.3, -0.25) is 0 Å². The maximum atomic E-state index is 4.53. The predicted octanol–water partition coefficient (Wildman–Crippen LogP) is 2.25. The Hall–Kier alpha value is -3.42. The molecule has 0 aliphatic carbocycles. The van der Waals surface area contributed by atoms with Crippen molar-refractivity contribution in [3.63, 3.8) is 0 Å². The third-order valence-corrected chi connectivity index (χ3v) is 3.52. The Balaban J connectivity index is 1.55. The molecule has 1 aromatic carbocycles. The molecule has 0 radical (unpaired) electrons. The highest BCUT2D eigenvalue weighted by Crippen LogP contribution is 2.16. The minimum atomic E-state index is 0.526. The first-order valence-corrected chi connectivity index (χ1v) is 7.63. The van der Waals surface area contributed by atoms with E-state index in [0.29, 0.717) is 18.4 Å². The number of hydrogen-bond acceptors (Lipinski definition) is 6. The molecule has 120 valence electrons. The van der Waals surface area contributed by atoms with Gasteiger partial charge in [-0.2, -0.15) is 19.6 Å². The van der Waals surface area contributed by atoms with Gasteiger partial charge in [0, 0.05) is 36.6 Å². The maximum absolute atomic E-state index is 4.53. The van der Waals surface area contributed by atoms with Crippen LogP contribution in [0.2, 0.25) is 0 Å². The first-order valence-electron chi connectivity index (χ1n) is 7.63. The summed E-state index contributed by atoms with van der Waals surface area (Å²) in [6.45, 7) is 0.707. The van der Waals surface area contributed by atoms with Crippen molar-refractivity contribution < 1.29 is 0 Å². The third-order valence-electron chi connectivity index (χ3n) is 3.52. The number of imidazole rings is 1. The molecule has 0 unspecified atom stereocenters. The normalized spacial score (nSPS) is 10.8. The van der Waals surface area contributed by atoms with Crippen molar-refractivity contribution in [2.24, 2.45) is 0 Å². The number of para-hydroxylation sites is 1. The van der Waals surface area contributed by atoms with E-state index >= 15 is 0 Å². The molecule has 3 aromatic heterocycles. The van der Waals surface area contributed by atoms with Crippen LogP contribution >= 0.6 is 0 Å². The van der Waals surface area contributed by atoms with E-state index < -0.39 is 0 Å². The zero-order valence-electron chi connectivity index (χ0n) is 12.8. The quantitative estimate of drug-likeness (QED) is 0.504. The maximum Gasteiger partial charge on any atom is 0.232 e. The second-order valence-electron chi connectivity index (χ2n) is 5.22. The van der Waals surface area contributed by atoms with Gasteiger partial charge < -0.3 is 15.6 Å². The average Bonchev–Trinajstić information content (AvgIpc) is 3.27. The first kappa shape index (κ1) is 14.2. The predicted molar refractivity (Wildman–Crippen MR) is 91.3 cm³/mol. The van der Waals surface area contributed by atoms with Crippen LogP contribution in [-0.4, -0.2) is 36.1 Å². The van der Waals surface area contributed by atoms with Crippen LogP contribution in [0.15, 0.2) is 55.1 Å². The van der Waals surface area contributed by atoms with E-state index in [2.05, 4.69) is 35.7 Å². The molecule has 3 heterocycles. The highest BCUT2D eigenvalue weighted by molar-refractivity contribution is 5.57. The Kier molecular flexibility index (Phi) is 3.77. The molecule has 24 heavy (non-hydrogen) atoms. The summed E-state index contributed by atoms with van der Waals surface area (Å²) in [6.07, 6.45) is 6.01. The molecular weight excluding hydrogens is 304 g/mol. The molecule has 3 N–H and O–H groups in total. The van der Waals surface area contributed by atoms with Gasteiger partial charge in [-0.15, -0.1) is 0 Å². The number of nitrogens with one attached hydrogen (secondary N) is 3. The second kappa shape index (κ2) is 6.37. The largest absolute Gasteiger partial charge is 0.354 e. The van der Waals surface area contributed by atoms with Gasteiger partial charge >= 0.3 is 0 Å². The molecule has 4 aromatic rings. The summed E-state index contributed by atoms with van der Waals surface area (Å²) in [7, 11) is 0. The lowest BCUT2D eigenvalue weighted by Crippen LogP contribution is -2.13. The molecule has 4 rings (SSSR count). The molecule has 8 heteroatoms. The van der Waals surface area contributed by atoms with Crippen molar-refractivity contribution in [2.45, 2.75) is 6.42 Å². The monoisotopic (exact) mass is 320 g/mol. The summed E-state index contributed by atoms with van der Waals surface area (Å²) >= 11 is 0. The van der Waals surface area contributed by atoms with Crippen molar-refractivity contribution in [3.05, 3.63) is 60.8 Å². The van der Waals surface area contributed by atoms with Crippen molar-refractivity contribution >= 4 is 23.2 Å². The number of rotatable bonds is 6. The Labute approximate surface area is 138 Å². The highest BCUT2D eigenvalue weighted by Gasteiger charge is 2.08. The van der Waals surface area contributed by atoms with Crippen molar-refractivity contribution in [1.82, 2.24) is 29.5 Å². The lowest BCUT2D eigenvalue weighted by molar-refractivity contribution is 0.870. The first-order chi connectivity index (χ1) is 11.9. The van der Waals surface area contributed by atoms with Gasteiger partial charge in [0.1, 0.15) is 0 Å². The number of nitrogens with zero attached hydrogens (tertiary/aromatic N) is 5. The molecule has 0 atom stereocenters. The molecule has 0 spiro atoms. The van der Waals surface area contributed by atoms with Gasteiger partial charge in [0.25, 0.3) is 0 Å². The van der Waals surface area contributed by atoms with Gasteiger partial charge in [-0.1, -0.05) is 18.2 Å². The van der Waals surface area contributed by atoms with E-state index in [9.17, 15) is 0 Å². The molecule has 0 bridgehead atoms. The van der Waals surface area contributed by atoms with E-state index in [4.69, 9.17) is 0 Å². The second-order valence-corrected chi connectivity index (χ2v) is 5.22. The van der Waals surface area contributed by atoms with E-state index in [1.54, 1.807) is 17.0 Å². The molecule has 8 nitrogen and oxygen atoms in total. The number of anilines is 3. The summed E-state index contributed by atoms with van der Waals surface area (Å²) in [4.78, 5) is 16.1. The van der Waals surface area contributed by atoms with E-state index in [1.165, 1.54) is 0 Å². The summed E-state index contributed by atoms with van der Waals surface area (Å²) in [5.41, 5.74) is 2.73. The zero-order chi connectivity index (χ0) is 16.2. The Bertz CT molecular complexity index is 914. The third kappa shape index (κ3) is 3.02. The lowest BCUT2D eigenvalue weighted by Gasteiger charge is -2.10. The molecule has 0 saturated carbocycles. The number of benzene rings is 1. The molecule has 0 aliphatic heterocycles. The van der Waals surface area contributed by atoms with Crippen molar-refractivity contribution in [2.75, 3.05) is 17.2 Å². The summed E-state index contributed by atoms with van der Waals surface area (Å²) in [6, 6.07) is 11.7. The SMILES string of the molecule is c1ccc(Nc2nc(NCCc3cnc[nH]3)n3nccc3n2)cc1. The molecule has 0 fully saturated rings. The lowest BCUT2D eigenvalue weighted by atomic mass is 10.3. The highest BCUT2D eigenvalue weighted by atomic mass is 15.4. The van der Waals surface area contributed by atoms with Crippen LogP contribution in [0.4, 0.5) is 17.6 Å². The number of fused-ring (bicyclic) bond motifs is 1. The summed E-state index contributed by atoms with van der Waals surface area (Å²) < 4.78 is 1.68. The number of aromatic amines is 1. The Morgan fingerprint density at radius 3 is 2.83 bits per heavy atom. The molecule has 0 saturated heterocycles. The number of hydrogen-bond donors (Lipinski definition) is 3. The van der Waals surface area contributed by atoms with Crippen molar-refractivity contribution in [1.29, 1.82) is 0 Å². The van der Waals surface area contributed by atoms with E-state index in [-0.39, 0.29) is 0 Å². The fourth-order valence-corrected chi connectivity index (χ4v) is 2.38. The van der Waals surface area contributed by atoms with Crippen LogP contribution in [0.25, 0.3) is 5.65 Å². The summed E-state index contributed by atoms with van der Waals surface area (Å²) in [5.74, 6) is 1.17. The number of aromatic nitrogens is 6. The van der Waals surface area contributed by atoms with Crippen molar-refractivity contribution in [3.8, 4) is 0 Å². The fourth-order valence-electron chi connectivity index (χ4n) is 2.38. The van der Waals surface area contributed by atoms with Gasteiger partial charge in [0.05, 0.1) is 12.5 Å². The zero-order valence-corrected chi connectivity index (χ0v) is 12.8. The van der Waals surface area contributed by atoms with Gasteiger partial charge in [-0.25, -0.2) is 4.98 Å². The minimum absolute atomic E-state index is 0.526. The topological polar surface area (TPSA) is 95.8 Å². The van der Waals surface area contributed by atoms with Crippen LogP contribution in [0.3, 0.4) is 0 Å². The Morgan fingerprint density at radius 1 is 1.08 bits per heavy atom. The molecule has 0 amide bonds. The smallest absolute Gasteiger partial charge is 0.232 e. The van der Waals surface area contributed by atoms with Gasteiger partial charge in [0.2, 0.25) is 11.9 Å². The fraction of sp³-hybridized carbons (Fsp3) is 0.125.